The molecule has 0 saturated heterocycles. The first-order valence-electron chi connectivity index (χ1n) is 6.30. The fourth-order valence-corrected chi connectivity index (χ4v) is 2.63. The molecule has 0 aliphatic carbocycles. The van der Waals surface area contributed by atoms with Crippen LogP contribution in [0.15, 0.2) is 47.2 Å². The molecule has 0 spiro atoms. The molecule has 0 fully saturated rings. The van der Waals surface area contributed by atoms with E-state index in [1.165, 1.54) is 17.6 Å². The lowest BCUT2D eigenvalue weighted by Gasteiger charge is -1.96. The molecule has 3 aromatic rings. The summed E-state index contributed by atoms with van der Waals surface area (Å²) in [4.78, 5) is 20.7. The fraction of sp³-hybridized carbons (Fsp3) is 0. The van der Waals surface area contributed by atoms with E-state index in [1.54, 1.807) is 30.5 Å². The molecule has 8 heteroatoms. The van der Waals surface area contributed by atoms with Crippen molar-refractivity contribution in [2.45, 2.75) is 0 Å². The molecule has 0 atom stereocenters. The maximum Gasteiger partial charge on any atom is 0.293 e. The molecule has 0 unspecified atom stereocenters. The van der Waals surface area contributed by atoms with E-state index in [-0.39, 0.29) is 11.6 Å². The Morgan fingerprint density at radius 2 is 2.18 bits per heavy atom. The van der Waals surface area contributed by atoms with Gasteiger partial charge < -0.3 is 10.2 Å². The number of nitrogens with one attached hydrogen (secondary N) is 1. The number of nitrogens with two attached hydrogens (primary N) is 2. The Balaban J connectivity index is 1.82. The summed E-state index contributed by atoms with van der Waals surface area (Å²) in [5, 5.41) is 9.03. The van der Waals surface area contributed by atoms with E-state index in [2.05, 4.69) is 15.3 Å². The molecule has 22 heavy (non-hydrogen) atoms. The lowest BCUT2D eigenvalue weighted by Crippen LogP contribution is -2.41. The van der Waals surface area contributed by atoms with Gasteiger partial charge >= 0.3 is 0 Å². The van der Waals surface area contributed by atoms with Gasteiger partial charge in [0.25, 0.3) is 5.91 Å². The number of amides is 1. The minimum Gasteiger partial charge on any atom is -0.459 e. The minimum absolute atomic E-state index is 0.192. The average Bonchev–Trinajstić information content (AvgIpc) is 3.17. The van der Waals surface area contributed by atoms with Gasteiger partial charge in [-0.25, -0.2) is 9.97 Å². The number of thiazole rings is 1. The Morgan fingerprint density at radius 1 is 1.32 bits per heavy atom. The number of nitrogen functional groups attached to an aromatic ring is 1. The van der Waals surface area contributed by atoms with E-state index in [9.17, 15) is 4.79 Å². The molecule has 0 aliphatic heterocycles. The van der Waals surface area contributed by atoms with Crippen molar-refractivity contribution in [2.75, 3.05) is 11.1 Å². The molecule has 3 rings (SSSR count). The van der Waals surface area contributed by atoms with Crippen molar-refractivity contribution >= 4 is 33.9 Å². The maximum atomic E-state index is 11.9. The van der Waals surface area contributed by atoms with Crippen LogP contribution in [0.1, 0.15) is 21.1 Å². The summed E-state index contributed by atoms with van der Waals surface area (Å²) in [5.74, 6) is 0.0293. The highest BCUT2D eigenvalue weighted by Gasteiger charge is 2.21. The third-order valence-corrected chi connectivity index (χ3v) is 3.82. The maximum absolute atomic E-state index is 11.9. The monoisotopic (exact) mass is 314 g/mol. The molecular formula is C14H12N5O2S+. The minimum atomic E-state index is -0.401. The van der Waals surface area contributed by atoms with E-state index in [1.807, 2.05) is 6.07 Å². The van der Waals surface area contributed by atoms with E-state index in [4.69, 9.17) is 15.6 Å². The quantitative estimate of drug-likeness (QED) is 0.608. The Hall–Kier alpha value is -3.00. The zero-order valence-electron chi connectivity index (χ0n) is 11.3. The molecule has 3 heterocycles. The number of anilines is 2. The van der Waals surface area contributed by atoms with E-state index in [0.717, 1.165) is 0 Å². The van der Waals surface area contributed by atoms with Crippen LogP contribution in [0.4, 0.5) is 10.9 Å². The number of hydrogen-bond donors (Lipinski definition) is 3. The van der Waals surface area contributed by atoms with Gasteiger partial charge in [0, 0.05) is 6.20 Å². The van der Waals surface area contributed by atoms with Gasteiger partial charge in [0.15, 0.2) is 16.7 Å². The van der Waals surface area contributed by atoms with Gasteiger partial charge in [-0.2, -0.15) is 0 Å². The number of hydrogen-bond acceptors (Lipinski definition) is 6. The lowest BCUT2D eigenvalue weighted by atomic mass is 10.2. The summed E-state index contributed by atoms with van der Waals surface area (Å²) in [6, 6.07) is 8.58. The van der Waals surface area contributed by atoms with Crippen molar-refractivity contribution in [2.24, 2.45) is 0 Å². The molecule has 5 N–H and O–H groups in total. The first-order valence-corrected chi connectivity index (χ1v) is 7.12. The van der Waals surface area contributed by atoms with Crippen LogP contribution in [0, 0.1) is 0 Å². The molecule has 0 aliphatic rings. The SMILES string of the molecule is Nc1nc(NC(=O)c2ccco2)sc1C(=[NH2+])c1ccccn1. The van der Waals surface area contributed by atoms with Crippen molar-refractivity contribution < 1.29 is 14.6 Å². The molecular weight excluding hydrogens is 302 g/mol. The van der Waals surface area contributed by atoms with Crippen molar-refractivity contribution in [1.82, 2.24) is 9.97 Å². The second-order valence-electron chi connectivity index (χ2n) is 4.29. The van der Waals surface area contributed by atoms with Crippen LogP contribution in [-0.4, -0.2) is 21.6 Å². The van der Waals surface area contributed by atoms with Crippen LogP contribution in [-0.2, 0) is 0 Å². The van der Waals surface area contributed by atoms with Crippen LogP contribution >= 0.6 is 11.3 Å². The van der Waals surface area contributed by atoms with E-state index < -0.39 is 5.91 Å². The topological polar surface area (TPSA) is 120 Å². The number of pyridine rings is 1. The summed E-state index contributed by atoms with van der Waals surface area (Å²) < 4.78 is 5.01. The standard InChI is InChI=1S/C14H11N5O2S/c15-10(8-4-1-2-6-17-8)11-12(16)18-14(22-11)19-13(20)9-5-3-7-21-9/h1-7,15H,16H2,(H,18,19,20)/p+1. The molecule has 0 saturated carbocycles. The molecule has 0 radical (unpaired) electrons. The second-order valence-corrected chi connectivity index (χ2v) is 5.29. The summed E-state index contributed by atoms with van der Waals surface area (Å²) in [6.07, 6.45) is 3.06. The summed E-state index contributed by atoms with van der Waals surface area (Å²) in [7, 11) is 0. The summed E-state index contributed by atoms with van der Waals surface area (Å²) in [6.45, 7) is 0. The first-order chi connectivity index (χ1) is 10.6. The third kappa shape index (κ3) is 2.72. The molecule has 110 valence electrons. The van der Waals surface area contributed by atoms with Gasteiger partial charge in [0.1, 0.15) is 10.6 Å². The predicted octanol–water partition coefficient (Wildman–Crippen LogP) is 0.562. The normalized spacial score (nSPS) is 10.4. The first kappa shape index (κ1) is 14.0. The smallest absolute Gasteiger partial charge is 0.293 e. The highest BCUT2D eigenvalue weighted by Crippen LogP contribution is 2.26. The summed E-state index contributed by atoms with van der Waals surface area (Å²) in [5.41, 5.74) is 6.88. The van der Waals surface area contributed by atoms with Crippen LogP contribution in [0.25, 0.3) is 0 Å². The number of carbonyl (C=O) groups is 1. The Morgan fingerprint density at radius 3 is 2.86 bits per heavy atom. The highest BCUT2D eigenvalue weighted by molar-refractivity contribution is 7.18. The van der Waals surface area contributed by atoms with Gasteiger partial charge in [0.05, 0.1) is 6.26 Å². The lowest BCUT2D eigenvalue weighted by molar-refractivity contribution is -0.111. The number of nitrogens with zero attached hydrogens (tertiary/aromatic N) is 2. The van der Waals surface area contributed by atoms with Crippen molar-refractivity contribution in [1.29, 1.82) is 0 Å². The number of furan rings is 1. The third-order valence-electron chi connectivity index (χ3n) is 2.80. The van der Waals surface area contributed by atoms with Crippen molar-refractivity contribution in [3.8, 4) is 0 Å². The second kappa shape index (κ2) is 5.78. The molecule has 0 aromatic carbocycles. The zero-order valence-corrected chi connectivity index (χ0v) is 12.1. The van der Waals surface area contributed by atoms with Gasteiger partial charge in [-0.1, -0.05) is 17.4 Å². The molecule has 0 bridgehead atoms. The van der Waals surface area contributed by atoms with Crippen LogP contribution in [0.5, 0.6) is 0 Å². The van der Waals surface area contributed by atoms with Crippen LogP contribution in [0.2, 0.25) is 0 Å². The number of rotatable bonds is 4. The molecule has 7 nitrogen and oxygen atoms in total. The van der Waals surface area contributed by atoms with Crippen LogP contribution in [0.3, 0.4) is 0 Å². The van der Waals surface area contributed by atoms with Gasteiger partial charge in [-0.05, 0) is 24.3 Å². The van der Waals surface area contributed by atoms with Gasteiger partial charge in [0.2, 0.25) is 5.71 Å². The molecule has 3 aromatic heterocycles. The predicted molar refractivity (Wildman–Crippen MR) is 82.6 cm³/mol. The van der Waals surface area contributed by atoms with E-state index in [0.29, 0.717) is 21.4 Å². The van der Waals surface area contributed by atoms with Crippen molar-refractivity contribution in [3.63, 3.8) is 0 Å². The Bertz CT molecular complexity index is 811. The van der Waals surface area contributed by atoms with Gasteiger partial charge in [-0.3, -0.25) is 15.5 Å². The van der Waals surface area contributed by atoms with Crippen LogP contribution < -0.4 is 16.5 Å². The number of carbonyl (C=O) groups excluding carboxylic acids is 1. The largest absolute Gasteiger partial charge is 0.459 e. The zero-order chi connectivity index (χ0) is 15.5. The van der Waals surface area contributed by atoms with Crippen molar-refractivity contribution in [3.05, 3.63) is 59.1 Å². The summed E-state index contributed by atoms with van der Waals surface area (Å²) >= 11 is 1.18. The van der Waals surface area contributed by atoms with E-state index >= 15 is 0 Å². The van der Waals surface area contributed by atoms with Gasteiger partial charge in [-0.15, -0.1) is 0 Å². The number of aromatic nitrogens is 2. The fourth-order valence-electron chi connectivity index (χ4n) is 1.78. The molecule has 1 amide bonds. The highest BCUT2D eigenvalue weighted by atomic mass is 32.1. The average molecular weight is 314 g/mol. The Labute approximate surface area is 129 Å². The Kier molecular flexibility index (Phi) is 3.67.